The Kier molecular flexibility index (Phi) is 4.99. The summed E-state index contributed by atoms with van der Waals surface area (Å²) < 4.78 is 36.6. The van der Waals surface area contributed by atoms with Crippen molar-refractivity contribution in [1.82, 2.24) is 0 Å². The van der Waals surface area contributed by atoms with Crippen LogP contribution < -0.4 is 5.32 Å². The summed E-state index contributed by atoms with van der Waals surface area (Å²) in [6, 6.07) is 10.5. The van der Waals surface area contributed by atoms with Crippen LogP contribution >= 0.6 is 23.1 Å². The predicted octanol–water partition coefficient (Wildman–Crippen LogP) is 5.53. The number of benzene rings is 1. The van der Waals surface area contributed by atoms with Gasteiger partial charge in [-0.3, -0.25) is 0 Å². The van der Waals surface area contributed by atoms with Gasteiger partial charge in [0.1, 0.15) is 0 Å². The maximum Gasteiger partial charge on any atom is 0.446 e. The first kappa shape index (κ1) is 15.3. The molecule has 1 aromatic heterocycles. The summed E-state index contributed by atoms with van der Waals surface area (Å²) in [7, 11) is 0. The number of alkyl halides is 3. The molecule has 0 radical (unpaired) electrons. The number of hydrogen-bond donors (Lipinski definition) is 1. The van der Waals surface area contributed by atoms with E-state index < -0.39 is 5.51 Å². The Hall–Kier alpha value is -1.14. The lowest BCUT2D eigenvalue weighted by Crippen LogP contribution is -2.00. The van der Waals surface area contributed by atoms with Crippen LogP contribution in [0.5, 0.6) is 0 Å². The molecule has 2 rings (SSSR count). The first-order valence-corrected chi connectivity index (χ1v) is 7.77. The van der Waals surface area contributed by atoms with Gasteiger partial charge in [-0.05, 0) is 54.6 Å². The van der Waals surface area contributed by atoms with Gasteiger partial charge in [-0.2, -0.15) is 13.2 Å². The first-order chi connectivity index (χ1) is 9.46. The van der Waals surface area contributed by atoms with E-state index >= 15 is 0 Å². The van der Waals surface area contributed by atoms with Crippen LogP contribution in [-0.2, 0) is 13.0 Å². The molecule has 0 aliphatic heterocycles. The summed E-state index contributed by atoms with van der Waals surface area (Å²) in [5.74, 6) is 0. The fourth-order valence-corrected chi connectivity index (χ4v) is 3.11. The van der Waals surface area contributed by atoms with Gasteiger partial charge in [0.2, 0.25) is 0 Å². The monoisotopic (exact) mass is 317 g/mol. The second-order valence-electron chi connectivity index (χ2n) is 4.15. The molecule has 108 valence electrons. The van der Waals surface area contributed by atoms with Crippen LogP contribution in [0.1, 0.15) is 16.7 Å². The number of hydrogen-bond acceptors (Lipinski definition) is 3. The lowest BCUT2D eigenvalue weighted by atomic mass is 10.3. The molecule has 0 saturated heterocycles. The van der Waals surface area contributed by atoms with Crippen LogP contribution in [-0.4, -0.2) is 5.51 Å². The summed E-state index contributed by atoms with van der Waals surface area (Å²) in [6.45, 7) is 2.80. The second-order valence-corrected chi connectivity index (χ2v) is 6.54. The van der Waals surface area contributed by atoms with Crippen LogP contribution in [0.3, 0.4) is 0 Å². The van der Waals surface area contributed by atoms with Gasteiger partial charge in [-0.15, -0.1) is 11.3 Å². The Bertz CT molecular complexity index is 546. The van der Waals surface area contributed by atoms with Crippen molar-refractivity contribution in [3.05, 3.63) is 46.2 Å². The summed E-state index contributed by atoms with van der Waals surface area (Å²) in [6.07, 6.45) is 1.02. The van der Waals surface area contributed by atoms with Gasteiger partial charge in [-0.1, -0.05) is 6.92 Å². The maximum atomic E-state index is 12.2. The average molecular weight is 317 g/mol. The molecule has 6 heteroatoms. The Balaban J connectivity index is 1.90. The second kappa shape index (κ2) is 6.54. The van der Waals surface area contributed by atoms with Crippen LogP contribution in [0.2, 0.25) is 0 Å². The molecule has 1 heterocycles. The highest BCUT2D eigenvalue weighted by Crippen LogP contribution is 2.37. The minimum atomic E-state index is -4.23. The van der Waals surface area contributed by atoms with Crippen molar-refractivity contribution in [3.63, 3.8) is 0 Å². The smallest absolute Gasteiger partial charge is 0.380 e. The van der Waals surface area contributed by atoms with E-state index in [0.717, 1.165) is 12.1 Å². The first-order valence-electron chi connectivity index (χ1n) is 6.13. The number of anilines is 1. The third-order valence-corrected chi connectivity index (χ3v) is 4.59. The van der Waals surface area contributed by atoms with Crippen molar-refractivity contribution in [2.24, 2.45) is 0 Å². The molecule has 0 amide bonds. The molecule has 0 aliphatic carbocycles. The summed E-state index contributed by atoms with van der Waals surface area (Å²) >= 11 is 1.65. The third kappa shape index (κ3) is 4.76. The molecule has 0 spiro atoms. The summed E-state index contributed by atoms with van der Waals surface area (Å²) in [5.41, 5.74) is -3.41. The Morgan fingerprint density at radius 3 is 2.25 bits per heavy atom. The molecule has 0 unspecified atom stereocenters. The molecular formula is C14H14F3NS2. The Labute approximate surface area is 124 Å². The number of thiophene rings is 1. The van der Waals surface area contributed by atoms with E-state index in [1.807, 2.05) is 0 Å². The van der Waals surface area contributed by atoms with Crippen LogP contribution in [0, 0.1) is 0 Å². The molecule has 1 N–H and O–H groups in total. The number of thioether (sulfide) groups is 1. The van der Waals surface area contributed by atoms with E-state index in [-0.39, 0.29) is 16.7 Å². The Morgan fingerprint density at radius 2 is 1.70 bits per heavy atom. The van der Waals surface area contributed by atoms with Gasteiger partial charge in [0.05, 0.1) is 0 Å². The van der Waals surface area contributed by atoms with E-state index in [0.29, 0.717) is 6.54 Å². The van der Waals surface area contributed by atoms with Crippen molar-refractivity contribution in [3.8, 4) is 0 Å². The summed E-state index contributed by atoms with van der Waals surface area (Å²) in [5, 5.41) is 3.21. The maximum absolute atomic E-state index is 12.2. The lowest BCUT2D eigenvalue weighted by Gasteiger charge is -2.08. The fourth-order valence-electron chi connectivity index (χ4n) is 1.67. The van der Waals surface area contributed by atoms with Gasteiger partial charge in [0.15, 0.2) is 0 Å². The van der Waals surface area contributed by atoms with Crippen molar-refractivity contribution in [2.45, 2.75) is 30.3 Å². The van der Waals surface area contributed by atoms with Crippen LogP contribution in [0.4, 0.5) is 18.9 Å². The zero-order valence-corrected chi connectivity index (χ0v) is 12.5. The molecule has 0 aliphatic rings. The van der Waals surface area contributed by atoms with Crippen molar-refractivity contribution < 1.29 is 13.2 Å². The predicted molar refractivity (Wildman–Crippen MR) is 79.4 cm³/mol. The van der Waals surface area contributed by atoms with Crippen molar-refractivity contribution in [2.75, 3.05) is 5.32 Å². The van der Waals surface area contributed by atoms with Crippen LogP contribution in [0.25, 0.3) is 0 Å². The van der Waals surface area contributed by atoms with E-state index in [1.165, 1.54) is 21.9 Å². The molecule has 20 heavy (non-hydrogen) atoms. The lowest BCUT2D eigenvalue weighted by molar-refractivity contribution is -0.0328. The largest absolute Gasteiger partial charge is 0.446 e. The number of halogens is 3. The zero-order valence-electron chi connectivity index (χ0n) is 10.8. The molecule has 1 nitrogen and oxygen atoms in total. The summed E-state index contributed by atoms with van der Waals surface area (Å²) in [4.78, 5) is 2.75. The van der Waals surface area contributed by atoms with Crippen molar-refractivity contribution >= 4 is 28.8 Å². The highest BCUT2D eigenvalue weighted by atomic mass is 32.2. The normalized spacial score (nSPS) is 11.6. The van der Waals surface area contributed by atoms with E-state index in [9.17, 15) is 13.2 Å². The van der Waals surface area contributed by atoms with E-state index in [4.69, 9.17) is 0 Å². The number of rotatable bonds is 5. The van der Waals surface area contributed by atoms with Crippen LogP contribution in [0.15, 0.2) is 41.3 Å². The molecule has 0 fully saturated rings. The highest BCUT2D eigenvalue weighted by Gasteiger charge is 2.28. The zero-order chi connectivity index (χ0) is 14.6. The standard InChI is InChI=1S/C14H14F3NS2/c1-2-11-7-8-13(19-11)9-18-10-3-5-12(6-4-10)20-14(15,16)17/h3-8,18H,2,9H2,1H3. The number of aryl methyl sites for hydroxylation is 1. The fraction of sp³-hybridized carbons (Fsp3) is 0.286. The van der Waals surface area contributed by atoms with Gasteiger partial charge >= 0.3 is 5.51 Å². The molecule has 0 atom stereocenters. The SMILES string of the molecule is CCc1ccc(CNc2ccc(SC(F)(F)F)cc2)s1. The van der Waals surface area contributed by atoms with Gasteiger partial charge in [0, 0.05) is 26.9 Å². The topological polar surface area (TPSA) is 12.0 Å². The molecule has 1 aromatic carbocycles. The third-order valence-electron chi connectivity index (χ3n) is 2.62. The van der Waals surface area contributed by atoms with Crippen molar-refractivity contribution in [1.29, 1.82) is 0 Å². The minimum Gasteiger partial charge on any atom is -0.380 e. The quantitative estimate of drug-likeness (QED) is 0.727. The highest BCUT2D eigenvalue weighted by molar-refractivity contribution is 8.00. The Morgan fingerprint density at radius 1 is 1.05 bits per heavy atom. The molecule has 0 bridgehead atoms. The van der Waals surface area contributed by atoms with Gasteiger partial charge < -0.3 is 5.32 Å². The average Bonchev–Trinajstić information content (AvgIpc) is 2.84. The molecule has 0 saturated carbocycles. The molecule has 2 aromatic rings. The van der Waals surface area contributed by atoms with E-state index in [1.54, 1.807) is 23.5 Å². The van der Waals surface area contributed by atoms with Gasteiger partial charge in [-0.25, -0.2) is 0 Å². The van der Waals surface area contributed by atoms with Gasteiger partial charge in [0.25, 0.3) is 0 Å². The van der Waals surface area contributed by atoms with E-state index in [2.05, 4.69) is 24.4 Å². The molecular weight excluding hydrogens is 303 g/mol. The minimum absolute atomic E-state index is 0.0955. The number of nitrogens with one attached hydrogen (secondary N) is 1.